The van der Waals surface area contributed by atoms with E-state index in [4.69, 9.17) is 34.1 Å². The molecule has 0 unspecified atom stereocenters. The number of halogens is 4. The summed E-state index contributed by atoms with van der Waals surface area (Å²) in [6.45, 7) is 4.36. The van der Waals surface area contributed by atoms with Crippen molar-refractivity contribution in [1.29, 1.82) is 0 Å². The fraction of sp³-hybridized carbons (Fsp3) is 0.444. The fourth-order valence-electron chi connectivity index (χ4n) is 1.27. The van der Waals surface area contributed by atoms with E-state index in [9.17, 15) is 4.79 Å². The summed E-state index contributed by atoms with van der Waals surface area (Å²) in [5.41, 5.74) is 0. The van der Waals surface area contributed by atoms with Crippen molar-refractivity contribution < 1.29 is 20.3 Å². The van der Waals surface area contributed by atoms with Crippen LogP contribution in [-0.2, 0) is 20.3 Å². The van der Waals surface area contributed by atoms with E-state index >= 15 is 0 Å². The molecule has 1 rings (SSSR count). The maximum absolute atomic E-state index is 11.0. The SMILES string of the molecule is CCN(C(C)=O)C1C=CC=C1.[Cl][Zr]([Cl])([Cl])[Cl]. The third-order valence-corrected chi connectivity index (χ3v) is 1.83. The molecule has 16 heavy (non-hydrogen) atoms. The first kappa shape index (κ1) is 17.0. The molecule has 1 amide bonds. The molecule has 1 aliphatic carbocycles. The van der Waals surface area contributed by atoms with Crippen molar-refractivity contribution in [3.05, 3.63) is 24.3 Å². The molecule has 92 valence electrons. The van der Waals surface area contributed by atoms with Crippen LogP contribution in [0.15, 0.2) is 24.3 Å². The summed E-state index contributed by atoms with van der Waals surface area (Å²) in [7, 11) is 20.1. The van der Waals surface area contributed by atoms with E-state index in [2.05, 4.69) is 0 Å². The summed E-state index contributed by atoms with van der Waals surface area (Å²) in [4.78, 5) is 12.8. The molecule has 0 radical (unpaired) electrons. The molecule has 0 aliphatic heterocycles. The Morgan fingerprint density at radius 3 is 1.88 bits per heavy atom. The zero-order valence-electron chi connectivity index (χ0n) is 8.96. The maximum atomic E-state index is 11.0. The number of likely N-dealkylation sites (N-methyl/N-ethyl adjacent to an activating group) is 1. The van der Waals surface area contributed by atoms with Crippen molar-refractivity contribution in [2.45, 2.75) is 19.9 Å². The predicted octanol–water partition coefficient (Wildman–Crippen LogP) is 4.10. The molecule has 0 aromatic heterocycles. The van der Waals surface area contributed by atoms with Crippen molar-refractivity contribution >= 4 is 40.0 Å². The molecule has 0 N–H and O–H groups in total. The van der Waals surface area contributed by atoms with Gasteiger partial charge in [-0.25, -0.2) is 0 Å². The van der Waals surface area contributed by atoms with Gasteiger partial charge in [-0.2, -0.15) is 0 Å². The van der Waals surface area contributed by atoms with Gasteiger partial charge in [0.25, 0.3) is 0 Å². The summed E-state index contributed by atoms with van der Waals surface area (Å²) in [5.74, 6) is 0.133. The van der Waals surface area contributed by atoms with Crippen LogP contribution in [0.25, 0.3) is 0 Å². The van der Waals surface area contributed by atoms with Gasteiger partial charge in [-0.3, -0.25) is 4.79 Å². The molecule has 0 atom stereocenters. The predicted molar refractivity (Wildman–Crippen MR) is 68.5 cm³/mol. The van der Waals surface area contributed by atoms with E-state index in [1.54, 1.807) is 6.92 Å². The molecule has 2 nitrogen and oxygen atoms in total. The quantitative estimate of drug-likeness (QED) is 0.702. The molecule has 0 aromatic rings. The Hall–Kier alpha value is 0.993. The van der Waals surface area contributed by atoms with Gasteiger partial charge in [0.1, 0.15) is 0 Å². The Morgan fingerprint density at radius 2 is 1.62 bits per heavy atom. The first-order valence-corrected chi connectivity index (χ1v) is 17.3. The third-order valence-electron chi connectivity index (χ3n) is 1.83. The second-order valence-corrected chi connectivity index (χ2v) is 25.4. The third kappa shape index (κ3) is 9.07. The summed E-state index contributed by atoms with van der Waals surface area (Å²) in [5, 5.41) is 0. The van der Waals surface area contributed by atoms with Gasteiger partial charge in [-0.15, -0.1) is 0 Å². The van der Waals surface area contributed by atoms with Crippen LogP contribution < -0.4 is 0 Å². The molecular weight excluding hydrogens is 371 g/mol. The second-order valence-electron chi connectivity index (χ2n) is 2.99. The van der Waals surface area contributed by atoms with E-state index in [1.807, 2.05) is 36.1 Å². The normalized spacial score (nSPS) is 14.6. The summed E-state index contributed by atoms with van der Waals surface area (Å²) in [6, 6.07) is 0.192. The van der Waals surface area contributed by atoms with Crippen molar-refractivity contribution in [3.8, 4) is 0 Å². The number of rotatable bonds is 2. The second kappa shape index (κ2) is 8.16. The van der Waals surface area contributed by atoms with Gasteiger partial charge in [-0.1, -0.05) is 24.3 Å². The van der Waals surface area contributed by atoms with Crippen LogP contribution in [0.4, 0.5) is 0 Å². The number of amides is 1. The van der Waals surface area contributed by atoms with E-state index in [0.717, 1.165) is 6.54 Å². The summed E-state index contributed by atoms with van der Waals surface area (Å²) >= 11 is -3.29. The Morgan fingerprint density at radius 1 is 1.25 bits per heavy atom. The minimum atomic E-state index is -3.29. The molecule has 0 fully saturated rings. The monoisotopic (exact) mass is 381 g/mol. The number of nitrogens with zero attached hydrogens (tertiary/aromatic N) is 1. The van der Waals surface area contributed by atoms with Gasteiger partial charge in [0.15, 0.2) is 0 Å². The van der Waals surface area contributed by atoms with Gasteiger partial charge in [0.2, 0.25) is 5.91 Å². The van der Waals surface area contributed by atoms with Gasteiger partial charge in [-0.05, 0) is 6.92 Å². The molecule has 0 aromatic carbocycles. The van der Waals surface area contributed by atoms with Crippen LogP contribution in [0.5, 0.6) is 0 Å². The molecule has 0 saturated heterocycles. The van der Waals surface area contributed by atoms with Crippen molar-refractivity contribution in [1.82, 2.24) is 4.90 Å². The number of hydrogen-bond acceptors (Lipinski definition) is 1. The van der Waals surface area contributed by atoms with Gasteiger partial charge < -0.3 is 4.90 Å². The summed E-state index contributed by atoms with van der Waals surface area (Å²) < 4.78 is 0. The number of hydrogen-bond donors (Lipinski definition) is 0. The summed E-state index contributed by atoms with van der Waals surface area (Å²) in [6.07, 6.45) is 7.97. The topological polar surface area (TPSA) is 20.3 Å². The Kier molecular flexibility index (Phi) is 8.66. The average molecular weight is 384 g/mol. The van der Waals surface area contributed by atoms with Gasteiger partial charge in [0, 0.05) is 13.5 Å². The van der Waals surface area contributed by atoms with E-state index in [-0.39, 0.29) is 11.9 Å². The number of carbonyl (C=O) groups is 1. The first-order valence-electron chi connectivity index (χ1n) is 4.63. The molecule has 0 saturated carbocycles. The fourth-order valence-corrected chi connectivity index (χ4v) is 1.27. The van der Waals surface area contributed by atoms with E-state index in [1.165, 1.54) is 0 Å². The van der Waals surface area contributed by atoms with Crippen LogP contribution in [0.2, 0.25) is 0 Å². The molecule has 1 aliphatic rings. The Bertz CT molecular complexity index is 270. The molecule has 0 bridgehead atoms. The van der Waals surface area contributed by atoms with Crippen LogP contribution in [-0.4, -0.2) is 23.4 Å². The van der Waals surface area contributed by atoms with Crippen LogP contribution in [0.1, 0.15) is 13.8 Å². The van der Waals surface area contributed by atoms with Crippen LogP contribution >= 0.6 is 34.1 Å². The minimum absolute atomic E-state index is 0.133. The molecule has 0 heterocycles. The van der Waals surface area contributed by atoms with E-state index < -0.39 is 15.5 Å². The Balaban J connectivity index is 0.000000385. The molecule has 0 spiro atoms. The standard InChI is InChI=1S/C9H13NO.4ClH.Zr/c1-3-10(8(2)11)9-6-4-5-7-9;;;;;/h4-7,9H,3H2,1-2H3;4*1H;/q;;;;;+4/p-4. The first-order chi connectivity index (χ1) is 7.25. The van der Waals surface area contributed by atoms with Crippen molar-refractivity contribution in [3.63, 3.8) is 0 Å². The van der Waals surface area contributed by atoms with E-state index in [0.29, 0.717) is 0 Å². The molecule has 7 heteroatoms. The number of carbonyl (C=O) groups excluding carboxylic acids is 1. The molecular formula is C9H13Cl4NOZr. The zero-order chi connectivity index (χ0) is 12.8. The van der Waals surface area contributed by atoms with Crippen molar-refractivity contribution in [2.75, 3.05) is 6.54 Å². The van der Waals surface area contributed by atoms with Crippen LogP contribution in [0, 0.1) is 0 Å². The average Bonchev–Trinajstić information content (AvgIpc) is 2.54. The van der Waals surface area contributed by atoms with Crippen LogP contribution in [0.3, 0.4) is 0 Å². The Labute approximate surface area is 115 Å². The van der Waals surface area contributed by atoms with Gasteiger partial charge in [0.05, 0.1) is 6.04 Å². The zero-order valence-corrected chi connectivity index (χ0v) is 14.4. The van der Waals surface area contributed by atoms with Gasteiger partial charge >= 0.3 is 49.5 Å². The van der Waals surface area contributed by atoms with Crippen molar-refractivity contribution in [2.24, 2.45) is 0 Å². The number of allylic oxidation sites excluding steroid dienone is 2.